The predicted molar refractivity (Wildman–Crippen MR) is 63.7 cm³/mol. The molecule has 0 bridgehead atoms. The number of nitro groups is 1. The van der Waals surface area contributed by atoms with Gasteiger partial charge in [0.1, 0.15) is 12.4 Å². The number of hydrogen-bond donors (Lipinski definition) is 0. The van der Waals surface area contributed by atoms with Crippen LogP contribution >= 0.6 is 0 Å². The maximum Gasteiger partial charge on any atom is 0.304 e. The van der Waals surface area contributed by atoms with Gasteiger partial charge in [-0.2, -0.15) is 4.39 Å². The van der Waals surface area contributed by atoms with Crippen molar-refractivity contribution < 1.29 is 22.8 Å². The first kappa shape index (κ1) is 13.9. The molecule has 0 fully saturated rings. The average Bonchev–Trinajstić information content (AvgIpc) is 2.40. The van der Waals surface area contributed by atoms with E-state index in [1.807, 2.05) is 0 Å². The first-order valence-electron chi connectivity index (χ1n) is 5.48. The van der Waals surface area contributed by atoms with E-state index < -0.39 is 28.1 Å². The molecule has 7 heteroatoms. The van der Waals surface area contributed by atoms with Gasteiger partial charge in [-0.25, -0.2) is 8.78 Å². The number of ether oxygens (including phenoxy) is 1. The van der Waals surface area contributed by atoms with Crippen molar-refractivity contribution in [1.29, 1.82) is 0 Å². The van der Waals surface area contributed by atoms with Crippen molar-refractivity contribution >= 4 is 5.69 Å². The molecule has 0 heterocycles. The average molecular weight is 283 g/mol. The summed E-state index contributed by atoms with van der Waals surface area (Å²) in [6.07, 6.45) is 0. The second-order valence-electron chi connectivity index (χ2n) is 3.91. The van der Waals surface area contributed by atoms with E-state index in [0.29, 0.717) is 5.56 Å². The molecule has 0 radical (unpaired) electrons. The Kier molecular flexibility index (Phi) is 3.88. The number of nitrogens with zero attached hydrogens (tertiary/aromatic N) is 1. The summed E-state index contributed by atoms with van der Waals surface area (Å²) in [7, 11) is 0. The molecule has 4 nitrogen and oxygen atoms in total. The number of rotatable bonds is 4. The van der Waals surface area contributed by atoms with Crippen molar-refractivity contribution in [2.24, 2.45) is 0 Å². The normalized spacial score (nSPS) is 10.3. The van der Waals surface area contributed by atoms with Crippen LogP contribution in [0.15, 0.2) is 36.4 Å². The standard InChI is InChI=1S/C13H8F3NO3/c14-10-3-2-9(6-11(10)15)20-7-8-1-4-13(17(18)19)12(16)5-8/h1-6H,7H2. The first-order valence-corrected chi connectivity index (χ1v) is 5.48. The van der Waals surface area contributed by atoms with E-state index in [1.54, 1.807) is 0 Å². The molecule has 0 N–H and O–H groups in total. The molecule has 2 aromatic carbocycles. The van der Waals surface area contributed by atoms with Gasteiger partial charge in [-0.15, -0.1) is 0 Å². The van der Waals surface area contributed by atoms with Crippen molar-refractivity contribution in [3.8, 4) is 5.75 Å². The van der Waals surface area contributed by atoms with Crippen molar-refractivity contribution in [2.75, 3.05) is 0 Å². The lowest BCUT2D eigenvalue weighted by Crippen LogP contribution is -1.99. The van der Waals surface area contributed by atoms with Crippen molar-refractivity contribution in [1.82, 2.24) is 0 Å². The van der Waals surface area contributed by atoms with Crippen LogP contribution in [0.4, 0.5) is 18.9 Å². The lowest BCUT2D eigenvalue weighted by molar-refractivity contribution is -0.387. The summed E-state index contributed by atoms with van der Waals surface area (Å²) in [6, 6.07) is 6.27. The maximum absolute atomic E-state index is 13.3. The summed E-state index contributed by atoms with van der Waals surface area (Å²) < 4.78 is 44.1. The molecular weight excluding hydrogens is 275 g/mol. The van der Waals surface area contributed by atoms with Crippen molar-refractivity contribution in [2.45, 2.75) is 6.61 Å². The molecule has 0 amide bonds. The number of halogens is 3. The molecular formula is C13H8F3NO3. The van der Waals surface area contributed by atoms with Crippen LogP contribution in [0.3, 0.4) is 0 Å². The molecule has 0 unspecified atom stereocenters. The van der Waals surface area contributed by atoms with Gasteiger partial charge >= 0.3 is 5.69 Å². The van der Waals surface area contributed by atoms with Gasteiger partial charge in [0.15, 0.2) is 11.6 Å². The van der Waals surface area contributed by atoms with Crippen LogP contribution in [0.5, 0.6) is 5.75 Å². The van der Waals surface area contributed by atoms with Crippen molar-refractivity contribution in [3.05, 3.63) is 69.5 Å². The second kappa shape index (κ2) is 5.60. The van der Waals surface area contributed by atoms with Gasteiger partial charge in [-0.3, -0.25) is 10.1 Å². The molecule has 0 aliphatic carbocycles. The first-order chi connectivity index (χ1) is 9.47. The molecule has 2 rings (SSSR count). The predicted octanol–water partition coefficient (Wildman–Crippen LogP) is 3.59. The maximum atomic E-state index is 13.3. The fraction of sp³-hybridized carbons (Fsp3) is 0.0769. The summed E-state index contributed by atoms with van der Waals surface area (Å²) in [5, 5.41) is 10.4. The zero-order valence-corrected chi connectivity index (χ0v) is 9.98. The van der Waals surface area contributed by atoms with Gasteiger partial charge in [-0.05, 0) is 29.8 Å². The van der Waals surface area contributed by atoms with Crippen LogP contribution in [0.1, 0.15) is 5.56 Å². The topological polar surface area (TPSA) is 52.4 Å². The highest BCUT2D eigenvalue weighted by atomic mass is 19.2. The molecule has 0 saturated heterocycles. The van der Waals surface area contributed by atoms with Crippen LogP contribution in [-0.4, -0.2) is 4.92 Å². The summed E-state index contributed by atoms with van der Waals surface area (Å²) in [6.45, 7) is -0.125. The summed E-state index contributed by atoms with van der Waals surface area (Å²) in [5.74, 6) is -2.97. The molecule has 104 valence electrons. The number of benzene rings is 2. The van der Waals surface area contributed by atoms with Crippen LogP contribution in [-0.2, 0) is 6.61 Å². The lowest BCUT2D eigenvalue weighted by Gasteiger charge is -2.06. The van der Waals surface area contributed by atoms with E-state index in [4.69, 9.17) is 4.74 Å². The van der Waals surface area contributed by atoms with E-state index in [2.05, 4.69) is 0 Å². The van der Waals surface area contributed by atoms with Gasteiger partial charge in [0.2, 0.25) is 5.82 Å². The molecule has 0 aliphatic rings. The van der Waals surface area contributed by atoms with Crippen LogP contribution in [0, 0.1) is 27.6 Å². The van der Waals surface area contributed by atoms with Gasteiger partial charge in [0.25, 0.3) is 0 Å². The van der Waals surface area contributed by atoms with E-state index in [0.717, 1.165) is 24.3 Å². The molecule has 2 aromatic rings. The molecule has 0 atom stereocenters. The quantitative estimate of drug-likeness (QED) is 0.636. The van der Waals surface area contributed by atoms with Crippen LogP contribution in [0.25, 0.3) is 0 Å². The minimum atomic E-state index is -1.06. The van der Waals surface area contributed by atoms with E-state index in [-0.39, 0.29) is 12.4 Å². The Hall–Kier alpha value is -2.57. The zero-order valence-electron chi connectivity index (χ0n) is 9.98. The highest BCUT2D eigenvalue weighted by Crippen LogP contribution is 2.20. The third-order valence-electron chi connectivity index (χ3n) is 2.51. The SMILES string of the molecule is O=[N+]([O-])c1ccc(COc2ccc(F)c(F)c2)cc1F. The Labute approximate surface area is 111 Å². The van der Waals surface area contributed by atoms with E-state index in [9.17, 15) is 23.3 Å². The molecule has 0 spiro atoms. The lowest BCUT2D eigenvalue weighted by atomic mass is 10.2. The van der Waals surface area contributed by atoms with Gasteiger partial charge in [0, 0.05) is 12.1 Å². The fourth-order valence-electron chi connectivity index (χ4n) is 1.52. The van der Waals surface area contributed by atoms with Crippen molar-refractivity contribution in [3.63, 3.8) is 0 Å². The van der Waals surface area contributed by atoms with E-state index >= 15 is 0 Å². The Morgan fingerprint density at radius 2 is 1.75 bits per heavy atom. The van der Waals surface area contributed by atoms with Crippen LogP contribution < -0.4 is 4.74 Å². The minimum Gasteiger partial charge on any atom is -0.489 e. The summed E-state index contributed by atoms with van der Waals surface area (Å²) >= 11 is 0. The van der Waals surface area contributed by atoms with Gasteiger partial charge < -0.3 is 4.74 Å². The second-order valence-corrected chi connectivity index (χ2v) is 3.91. The smallest absolute Gasteiger partial charge is 0.304 e. The Morgan fingerprint density at radius 3 is 2.35 bits per heavy atom. The fourth-order valence-corrected chi connectivity index (χ4v) is 1.52. The third-order valence-corrected chi connectivity index (χ3v) is 2.51. The number of nitro benzene ring substituents is 1. The summed E-state index contributed by atoms with van der Waals surface area (Å²) in [5.41, 5.74) is -0.306. The van der Waals surface area contributed by atoms with Gasteiger partial charge in [-0.1, -0.05) is 0 Å². The number of hydrogen-bond acceptors (Lipinski definition) is 3. The largest absolute Gasteiger partial charge is 0.489 e. The molecule has 20 heavy (non-hydrogen) atoms. The highest BCUT2D eigenvalue weighted by Gasteiger charge is 2.14. The third kappa shape index (κ3) is 3.05. The van der Waals surface area contributed by atoms with E-state index in [1.165, 1.54) is 12.1 Å². The Morgan fingerprint density at radius 1 is 1.00 bits per heavy atom. The highest BCUT2D eigenvalue weighted by molar-refractivity contribution is 5.35. The summed E-state index contributed by atoms with van der Waals surface area (Å²) in [4.78, 5) is 9.60. The molecule has 0 saturated carbocycles. The molecule has 0 aliphatic heterocycles. The minimum absolute atomic E-state index is 0.0719. The van der Waals surface area contributed by atoms with Crippen LogP contribution in [0.2, 0.25) is 0 Å². The van der Waals surface area contributed by atoms with Gasteiger partial charge in [0.05, 0.1) is 4.92 Å². The monoisotopic (exact) mass is 283 g/mol. The zero-order chi connectivity index (χ0) is 14.7. The Balaban J connectivity index is 2.09. The Bertz CT molecular complexity index is 661. The molecule has 0 aromatic heterocycles.